The second-order valence-corrected chi connectivity index (χ2v) is 8.83. The lowest BCUT2D eigenvalue weighted by Gasteiger charge is -2.32. The zero-order valence-electron chi connectivity index (χ0n) is 14.1. The number of aliphatic hydroxyl groups is 1. The molecule has 134 valence electrons. The van der Waals surface area contributed by atoms with Crippen molar-refractivity contribution in [2.24, 2.45) is 5.92 Å². The molecule has 1 aromatic heterocycles. The van der Waals surface area contributed by atoms with E-state index >= 15 is 0 Å². The molecule has 8 heteroatoms. The van der Waals surface area contributed by atoms with E-state index in [0.29, 0.717) is 17.6 Å². The minimum atomic E-state index is -3.35. The molecule has 0 amide bonds. The number of nitrogens with one attached hydrogen (secondary N) is 1. The summed E-state index contributed by atoms with van der Waals surface area (Å²) in [6.07, 6.45) is 6.48. The summed E-state index contributed by atoms with van der Waals surface area (Å²) in [5, 5.41) is 12.6. The fourth-order valence-electron chi connectivity index (χ4n) is 3.51. The van der Waals surface area contributed by atoms with Crippen molar-refractivity contribution in [3.63, 3.8) is 0 Å². The van der Waals surface area contributed by atoms with Gasteiger partial charge in [0, 0.05) is 38.4 Å². The third-order valence-corrected chi connectivity index (χ3v) is 6.12. The second-order valence-electron chi connectivity index (χ2n) is 6.85. The minimum Gasteiger partial charge on any atom is -0.396 e. The van der Waals surface area contributed by atoms with Crippen molar-refractivity contribution < 1.29 is 13.5 Å². The standard InChI is InChI=1S/C16H26N4O3S/c1-24(22,23)14-10-18-16(20-7-4-12(11-21)5-8-20)19-15(14)13-3-2-6-17-9-13/h10,12-13,17,21H,2-9,11H2,1H3/t13-/m1/s1. The lowest BCUT2D eigenvalue weighted by atomic mass is 9.96. The number of anilines is 1. The second kappa shape index (κ2) is 7.33. The predicted octanol–water partition coefficient (Wildman–Crippen LogP) is 0.556. The van der Waals surface area contributed by atoms with Gasteiger partial charge in [-0.15, -0.1) is 0 Å². The Labute approximate surface area is 143 Å². The molecular weight excluding hydrogens is 328 g/mol. The van der Waals surface area contributed by atoms with Crippen LogP contribution >= 0.6 is 0 Å². The molecule has 2 N–H and O–H groups in total. The van der Waals surface area contributed by atoms with Gasteiger partial charge in [-0.25, -0.2) is 18.4 Å². The Morgan fingerprint density at radius 2 is 2.08 bits per heavy atom. The van der Waals surface area contributed by atoms with Crippen molar-refractivity contribution in [2.45, 2.75) is 36.5 Å². The smallest absolute Gasteiger partial charge is 0.225 e. The molecule has 2 fully saturated rings. The van der Waals surface area contributed by atoms with Gasteiger partial charge in [-0.3, -0.25) is 0 Å². The molecule has 0 saturated carbocycles. The van der Waals surface area contributed by atoms with Gasteiger partial charge in [-0.1, -0.05) is 0 Å². The van der Waals surface area contributed by atoms with Crippen molar-refractivity contribution >= 4 is 15.8 Å². The number of hydrogen-bond acceptors (Lipinski definition) is 7. The van der Waals surface area contributed by atoms with Crippen LogP contribution in [-0.4, -0.2) is 62.5 Å². The number of sulfone groups is 1. The molecule has 2 aliphatic heterocycles. The van der Waals surface area contributed by atoms with Crippen LogP contribution in [0.3, 0.4) is 0 Å². The average molecular weight is 354 g/mol. The molecule has 0 bridgehead atoms. The quantitative estimate of drug-likeness (QED) is 0.815. The Hall–Kier alpha value is -1.25. The lowest BCUT2D eigenvalue weighted by Crippen LogP contribution is -2.36. The van der Waals surface area contributed by atoms with Crippen molar-refractivity contribution in [1.29, 1.82) is 0 Å². The molecule has 1 aromatic rings. The summed E-state index contributed by atoms with van der Waals surface area (Å²) in [5.74, 6) is 1.07. The van der Waals surface area contributed by atoms with E-state index in [4.69, 9.17) is 0 Å². The van der Waals surface area contributed by atoms with Crippen LogP contribution in [-0.2, 0) is 9.84 Å². The van der Waals surface area contributed by atoms with Crippen LogP contribution in [0.1, 0.15) is 37.3 Å². The fourth-order valence-corrected chi connectivity index (χ4v) is 4.34. The molecule has 2 saturated heterocycles. The van der Waals surface area contributed by atoms with E-state index in [2.05, 4.69) is 20.2 Å². The zero-order valence-corrected chi connectivity index (χ0v) is 14.9. The number of piperidine rings is 2. The third kappa shape index (κ3) is 3.87. The number of rotatable bonds is 4. The summed E-state index contributed by atoms with van der Waals surface area (Å²) >= 11 is 0. The normalized spacial score (nSPS) is 23.4. The van der Waals surface area contributed by atoms with Crippen molar-refractivity contribution in [3.8, 4) is 0 Å². The van der Waals surface area contributed by atoms with Crippen LogP contribution < -0.4 is 10.2 Å². The van der Waals surface area contributed by atoms with E-state index in [9.17, 15) is 13.5 Å². The Balaban J connectivity index is 1.89. The summed E-state index contributed by atoms with van der Waals surface area (Å²) in [6, 6.07) is 0. The highest BCUT2D eigenvalue weighted by atomic mass is 32.2. The first kappa shape index (κ1) is 17.6. The summed E-state index contributed by atoms with van der Waals surface area (Å²) in [6.45, 7) is 3.54. The largest absolute Gasteiger partial charge is 0.396 e. The van der Waals surface area contributed by atoms with Gasteiger partial charge >= 0.3 is 0 Å². The zero-order chi connectivity index (χ0) is 17.2. The lowest BCUT2D eigenvalue weighted by molar-refractivity contribution is 0.202. The third-order valence-electron chi connectivity index (χ3n) is 5.01. The molecule has 7 nitrogen and oxygen atoms in total. The minimum absolute atomic E-state index is 0.111. The van der Waals surface area contributed by atoms with Crippen LogP contribution in [0.4, 0.5) is 5.95 Å². The Morgan fingerprint density at radius 3 is 2.67 bits per heavy atom. The van der Waals surface area contributed by atoms with E-state index < -0.39 is 9.84 Å². The number of aliphatic hydroxyl groups excluding tert-OH is 1. The number of nitrogens with zero attached hydrogens (tertiary/aromatic N) is 3. The Morgan fingerprint density at radius 1 is 1.33 bits per heavy atom. The molecule has 3 heterocycles. The highest BCUT2D eigenvalue weighted by molar-refractivity contribution is 7.90. The molecular formula is C16H26N4O3S. The van der Waals surface area contributed by atoms with Crippen LogP contribution in [0.5, 0.6) is 0 Å². The van der Waals surface area contributed by atoms with E-state index in [-0.39, 0.29) is 17.4 Å². The fraction of sp³-hybridized carbons (Fsp3) is 0.750. The van der Waals surface area contributed by atoms with Crippen LogP contribution in [0, 0.1) is 5.92 Å². The highest BCUT2D eigenvalue weighted by Gasteiger charge is 2.27. The van der Waals surface area contributed by atoms with Gasteiger partial charge < -0.3 is 15.3 Å². The summed E-state index contributed by atoms with van der Waals surface area (Å²) in [4.78, 5) is 11.3. The molecule has 1 atom stereocenters. The first-order chi connectivity index (χ1) is 11.5. The monoisotopic (exact) mass is 354 g/mol. The molecule has 0 radical (unpaired) electrons. The maximum Gasteiger partial charge on any atom is 0.225 e. The van der Waals surface area contributed by atoms with Gasteiger partial charge in [0.25, 0.3) is 0 Å². The van der Waals surface area contributed by atoms with E-state index in [1.54, 1.807) is 0 Å². The van der Waals surface area contributed by atoms with Crippen LogP contribution in [0.25, 0.3) is 0 Å². The van der Waals surface area contributed by atoms with Gasteiger partial charge in [0.2, 0.25) is 5.95 Å². The van der Waals surface area contributed by atoms with Crippen molar-refractivity contribution in [2.75, 3.05) is 43.9 Å². The van der Waals surface area contributed by atoms with Crippen molar-refractivity contribution in [1.82, 2.24) is 15.3 Å². The Kier molecular flexibility index (Phi) is 5.36. The maximum absolute atomic E-state index is 12.1. The first-order valence-corrected chi connectivity index (χ1v) is 10.5. The predicted molar refractivity (Wildman–Crippen MR) is 92.0 cm³/mol. The molecule has 0 unspecified atom stereocenters. The Bertz CT molecular complexity index is 666. The van der Waals surface area contributed by atoms with Gasteiger partial charge in [0.1, 0.15) is 4.90 Å². The molecule has 24 heavy (non-hydrogen) atoms. The van der Waals surface area contributed by atoms with Gasteiger partial charge in [0.05, 0.1) is 11.9 Å². The summed E-state index contributed by atoms with van der Waals surface area (Å²) in [5.41, 5.74) is 0.652. The summed E-state index contributed by atoms with van der Waals surface area (Å²) < 4.78 is 24.2. The van der Waals surface area contributed by atoms with Gasteiger partial charge in [-0.05, 0) is 38.1 Å². The van der Waals surface area contributed by atoms with Gasteiger partial charge in [0.15, 0.2) is 9.84 Å². The van der Waals surface area contributed by atoms with E-state index in [1.807, 2.05) is 0 Å². The maximum atomic E-state index is 12.1. The van der Waals surface area contributed by atoms with Crippen LogP contribution in [0.15, 0.2) is 11.1 Å². The van der Waals surface area contributed by atoms with E-state index in [0.717, 1.165) is 51.9 Å². The van der Waals surface area contributed by atoms with Crippen molar-refractivity contribution in [3.05, 3.63) is 11.9 Å². The van der Waals surface area contributed by atoms with Crippen LogP contribution in [0.2, 0.25) is 0 Å². The first-order valence-electron chi connectivity index (χ1n) is 8.62. The average Bonchev–Trinajstić information content (AvgIpc) is 2.61. The molecule has 0 spiro atoms. The van der Waals surface area contributed by atoms with E-state index in [1.165, 1.54) is 12.5 Å². The topological polar surface area (TPSA) is 95.4 Å². The summed E-state index contributed by atoms with van der Waals surface area (Å²) in [7, 11) is -3.35. The molecule has 0 aromatic carbocycles. The molecule has 3 rings (SSSR count). The molecule has 2 aliphatic rings. The molecule has 0 aliphatic carbocycles. The highest BCUT2D eigenvalue weighted by Crippen LogP contribution is 2.29. The van der Waals surface area contributed by atoms with Gasteiger partial charge in [-0.2, -0.15) is 0 Å². The SMILES string of the molecule is CS(=O)(=O)c1cnc(N2CCC(CO)CC2)nc1[C@@H]1CCCNC1. The number of hydrogen-bond donors (Lipinski definition) is 2. The number of aromatic nitrogens is 2.